The monoisotopic (exact) mass is 346 g/mol. The number of piperidine rings is 1. The van der Waals surface area contributed by atoms with Crippen LogP contribution >= 0.6 is 0 Å². The van der Waals surface area contributed by atoms with Crippen LogP contribution in [0.25, 0.3) is 0 Å². The van der Waals surface area contributed by atoms with Crippen LogP contribution in [0.5, 0.6) is 0 Å². The fourth-order valence-electron chi connectivity index (χ4n) is 3.35. The van der Waals surface area contributed by atoms with Gasteiger partial charge in [0.05, 0.1) is 19.6 Å². The SMILES string of the molecule is COCCC(=O)N1CCCC(c2nnc(Cn3ccnc3C)n2C)C1. The van der Waals surface area contributed by atoms with Gasteiger partial charge < -0.3 is 18.8 Å². The lowest BCUT2D eigenvalue weighted by Crippen LogP contribution is -2.40. The molecular weight excluding hydrogens is 320 g/mol. The number of carbonyl (C=O) groups is 1. The number of nitrogens with zero attached hydrogens (tertiary/aromatic N) is 6. The second-order valence-electron chi connectivity index (χ2n) is 6.56. The molecule has 0 saturated carbocycles. The first-order valence-corrected chi connectivity index (χ1v) is 8.72. The Balaban J connectivity index is 1.69. The molecule has 1 amide bonds. The van der Waals surface area contributed by atoms with Crippen molar-refractivity contribution in [2.45, 2.75) is 38.6 Å². The van der Waals surface area contributed by atoms with Crippen LogP contribution in [0, 0.1) is 6.92 Å². The summed E-state index contributed by atoms with van der Waals surface area (Å²) in [6.07, 6.45) is 6.20. The molecule has 1 aliphatic rings. The van der Waals surface area contributed by atoms with Gasteiger partial charge in [0, 0.05) is 45.6 Å². The molecule has 0 N–H and O–H groups in total. The van der Waals surface area contributed by atoms with Crippen LogP contribution in [0.15, 0.2) is 12.4 Å². The highest BCUT2D eigenvalue weighted by Gasteiger charge is 2.28. The summed E-state index contributed by atoms with van der Waals surface area (Å²) in [6, 6.07) is 0. The Bertz CT molecular complexity index is 723. The molecule has 25 heavy (non-hydrogen) atoms. The lowest BCUT2D eigenvalue weighted by molar-refractivity contribution is -0.133. The summed E-state index contributed by atoms with van der Waals surface area (Å²) in [5.41, 5.74) is 0. The van der Waals surface area contributed by atoms with E-state index in [1.54, 1.807) is 13.3 Å². The zero-order valence-corrected chi connectivity index (χ0v) is 15.2. The molecule has 1 fully saturated rings. The average molecular weight is 346 g/mol. The minimum atomic E-state index is 0.156. The van der Waals surface area contributed by atoms with Crippen LogP contribution in [-0.4, -0.2) is 61.9 Å². The molecule has 3 heterocycles. The normalized spacial score (nSPS) is 17.9. The molecule has 2 aromatic heterocycles. The summed E-state index contributed by atoms with van der Waals surface area (Å²) >= 11 is 0. The van der Waals surface area contributed by atoms with Gasteiger partial charge in [-0.1, -0.05) is 0 Å². The fourth-order valence-corrected chi connectivity index (χ4v) is 3.35. The number of rotatable bonds is 6. The standard InChI is InChI=1S/C17H26N6O2/c1-13-18-7-9-22(13)12-15-19-20-17(21(15)2)14-5-4-8-23(11-14)16(24)6-10-25-3/h7,9,14H,4-6,8,10-12H2,1-3H3. The summed E-state index contributed by atoms with van der Waals surface area (Å²) < 4.78 is 9.13. The molecule has 1 saturated heterocycles. The van der Waals surface area contributed by atoms with E-state index in [2.05, 4.69) is 24.3 Å². The van der Waals surface area contributed by atoms with Crippen LogP contribution in [-0.2, 0) is 23.1 Å². The number of hydrogen-bond donors (Lipinski definition) is 0. The molecule has 8 nitrogen and oxygen atoms in total. The maximum absolute atomic E-state index is 12.3. The first kappa shape index (κ1) is 17.6. The Morgan fingerprint density at radius 3 is 2.96 bits per heavy atom. The van der Waals surface area contributed by atoms with Gasteiger partial charge in [-0.25, -0.2) is 4.98 Å². The van der Waals surface area contributed by atoms with Gasteiger partial charge in [-0.05, 0) is 19.8 Å². The van der Waals surface area contributed by atoms with Crippen LogP contribution in [0.2, 0.25) is 0 Å². The third-order valence-electron chi connectivity index (χ3n) is 4.89. The molecule has 0 spiro atoms. The zero-order chi connectivity index (χ0) is 17.8. The molecule has 0 aromatic carbocycles. The number of likely N-dealkylation sites (tertiary alicyclic amines) is 1. The van der Waals surface area contributed by atoms with E-state index in [0.29, 0.717) is 26.1 Å². The van der Waals surface area contributed by atoms with Crippen LogP contribution in [0.4, 0.5) is 0 Å². The lowest BCUT2D eigenvalue weighted by Gasteiger charge is -2.32. The van der Waals surface area contributed by atoms with Gasteiger partial charge in [-0.2, -0.15) is 0 Å². The molecule has 2 aromatic rings. The highest BCUT2D eigenvalue weighted by Crippen LogP contribution is 2.26. The minimum Gasteiger partial charge on any atom is -0.384 e. The maximum Gasteiger partial charge on any atom is 0.224 e. The topological polar surface area (TPSA) is 78.1 Å². The van der Waals surface area contributed by atoms with Crippen molar-refractivity contribution < 1.29 is 9.53 Å². The summed E-state index contributed by atoms with van der Waals surface area (Å²) in [5.74, 6) is 3.20. The first-order chi connectivity index (χ1) is 12.1. The molecule has 1 unspecified atom stereocenters. The number of imidazole rings is 1. The first-order valence-electron chi connectivity index (χ1n) is 8.72. The molecule has 3 rings (SSSR count). The highest BCUT2D eigenvalue weighted by atomic mass is 16.5. The Hall–Kier alpha value is -2.22. The van der Waals surface area contributed by atoms with Crippen molar-refractivity contribution in [3.05, 3.63) is 29.9 Å². The molecule has 0 aliphatic carbocycles. The van der Waals surface area contributed by atoms with E-state index in [1.807, 2.05) is 25.1 Å². The Morgan fingerprint density at radius 2 is 2.24 bits per heavy atom. The van der Waals surface area contributed by atoms with Crippen LogP contribution in [0.3, 0.4) is 0 Å². The molecule has 0 bridgehead atoms. The van der Waals surface area contributed by atoms with E-state index in [-0.39, 0.29) is 11.8 Å². The fraction of sp³-hybridized carbons (Fsp3) is 0.647. The second-order valence-corrected chi connectivity index (χ2v) is 6.56. The average Bonchev–Trinajstić information content (AvgIpc) is 3.19. The third kappa shape index (κ3) is 3.89. The van der Waals surface area contributed by atoms with E-state index in [9.17, 15) is 4.79 Å². The molecule has 1 atom stereocenters. The Kier molecular flexibility index (Phi) is 5.47. The maximum atomic E-state index is 12.3. The van der Waals surface area contributed by atoms with Gasteiger partial charge in [0.25, 0.3) is 0 Å². The molecular formula is C17H26N6O2. The van der Waals surface area contributed by atoms with Gasteiger partial charge in [-0.15, -0.1) is 10.2 Å². The molecule has 8 heteroatoms. The molecule has 0 radical (unpaired) electrons. The van der Waals surface area contributed by atoms with Crippen molar-refractivity contribution in [2.24, 2.45) is 7.05 Å². The van der Waals surface area contributed by atoms with Crippen molar-refractivity contribution in [1.29, 1.82) is 0 Å². The predicted octanol–water partition coefficient (Wildman–Crippen LogP) is 1.11. The number of ether oxygens (including phenoxy) is 1. The lowest BCUT2D eigenvalue weighted by atomic mass is 9.97. The van der Waals surface area contributed by atoms with Gasteiger partial charge in [0.1, 0.15) is 11.6 Å². The number of amides is 1. The van der Waals surface area contributed by atoms with Crippen LogP contribution in [0.1, 0.15) is 42.7 Å². The van der Waals surface area contributed by atoms with E-state index in [1.165, 1.54) is 0 Å². The number of hydrogen-bond acceptors (Lipinski definition) is 5. The zero-order valence-electron chi connectivity index (χ0n) is 15.2. The van der Waals surface area contributed by atoms with Crippen molar-refractivity contribution in [1.82, 2.24) is 29.2 Å². The van der Waals surface area contributed by atoms with Crippen molar-refractivity contribution >= 4 is 5.91 Å². The Morgan fingerprint density at radius 1 is 1.40 bits per heavy atom. The third-order valence-corrected chi connectivity index (χ3v) is 4.89. The predicted molar refractivity (Wildman–Crippen MR) is 92.1 cm³/mol. The summed E-state index contributed by atoms with van der Waals surface area (Å²) in [7, 11) is 3.62. The van der Waals surface area contributed by atoms with Gasteiger partial charge >= 0.3 is 0 Å². The molecule has 136 valence electrons. The van der Waals surface area contributed by atoms with E-state index < -0.39 is 0 Å². The van der Waals surface area contributed by atoms with E-state index >= 15 is 0 Å². The van der Waals surface area contributed by atoms with E-state index in [4.69, 9.17) is 4.74 Å². The largest absolute Gasteiger partial charge is 0.384 e. The molecule has 1 aliphatic heterocycles. The van der Waals surface area contributed by atoms with Crippen molar-refractivity contribution in [3.63, 3.8) is 0 Å². The number of aromatic nitrogens is 5. The van der Waals surface area contributed by atoms with Crippen molar-refractivity contribution in [2.75, 3.05) is 26.8 Å². The Labute approximate surface area is 147 Å². The summed E-state index contributed by atoms with van der Waals surface area (Å²) in [4.78, 5) is 18.4. The second kappa shape index (κ2) is 7.77. The number of carbonyl (C=O) groups excluding carboxylic acids is 1. The van der Waals surface area contributed by atoms with Gasteiger partial charge in [0.15, 0.2) is 5.82 Å². The smallest absolute Gasteiger partial charge is 0.224 e. The summed E-state index contributed by atoms with van der Waals surface area (Å²) in [5, 5.41) is 8.79. The van der Waals surface area contributed by atoms with Crippen LogP contribution < -0.4 is 0 Å². The summed E-state index contributed by atoms with van der Waals surface area (Å²) in [6.45, 7) is 4.62. The van der Waals surface area contributed by atoms with E-state index in [0.717, 1.165) is 36.9 Å². The van der Waals surface area contributed by atoms with Gasteiger partial charge in [-0.3, -0.25) is 4.79 Å². The van der Waals surface area contributed by atoms with Crippen molar-refractivity contribution in [3.8, 4) is 0 Å². The van der Waals surface area contributed by atoms with Gasteiger partial charge in [0.2, 0.25) is 5.91 Å². The minimum absolute atomic E-state index is 0.156. The number of methoxy groups -OCH3 is 1. The quantitative estimate of drug-likeness (QED) is 0.783. The number of aryl methyl sites for hydroxylation is 1. The highest BCUT2D eigenvalue weighted by molar-refractivity contribution is 5.76.